The largest absolute Gasteiger partial charge is 0.496 e. The maximum atomic E-state index is 5.97. The highest BCUT2D eigenvalue weighted by Gasteiger charge is 2.09. The number of nitrogens with two attached hydrogens (primary N) is 1. The zero-order valence-electron chi connectivity index (χ0n) is 17.0. The number of aliphatic imine (C=N–C) groups is 1. The van der Waals surface area contributed by atoms with E-state index in [-0.39, 0.29) is 24.0 Å². The SMILES string of the molecule is COc1ccc(CCNC(N)=NCc2ncc(C)c(OC)c2C)cc1OC.I. The van der Waals surface area contributed by atoms with Crippen LogP contribution in [0.2, 0.25) is 0 Å². The van der Waals surface area contributed by atoms with Crippen molar-refractivity contribution in [1.82, 2.24) is 10.3 Å². The molecule has 7 nitrogen and oxygen atoms in total. The number of ether oxygens (including phenoxy) is 3. The fraction of sp³-hybridized carbons (Fsp3) is 0.400. The maximum absolute atomic E-state index is 5.97. The number of aromatic nitrogens is 1. The van der Waals surface area contributed by atoms with Crippen LogP contribution in [-0.4, -0.2) is 38.8 Å². The summed E-state index contributed by atoms with van der Waals surface area (Å²) < 4.78 is 16.0. The van der Waals surface area contributed by atoms with Crippen LogP contribution in [0, 0.1) is 13.8 Å². The summed E-state index contributed by atoms with van der Waals surface area (Å²) in [5.41, 5.74) is 9.93. The number of hydrogen-bond donors (Lipinski definition) is 2. The molecule has 0 amide bonds. The zero-order valence-corrected chi connectivity index (χ0v) is 19.4. The van der Waals surface area contributed by atoms with Gasteiger partial charge in [0.2, 0.25) is 0 Å². The Morgan fingerprint density at radius 1 is 1.11 bits per heavy atom. The molecule has 0 aliphatic rings. The van der Waals surface area contributed by atoms with Gasteiger partial charge in [0.25, 0.3) is 0 Å². The Hall–Kier alpha value is -2.23. The topological polar surface area (TPSA) is 91.0 Å². The molecule has 1 aromatic heterocycles. The van der Waals surface area contributed by atoms with E-state index in [0.29, 0.717) is 30.5 Å². The third kappa shape index (κ3) is 6.15. The van der Waals surface area contributed by atoms with Crippen LogP contribution in [0.1, 0.15) is 22.4 Å². The van der Waals surface area contributed by atoms with Gasteiger partial charge in [-0.05, 0) is 38.0 Å². The smallest absolute Gasteiger partial charge is 0.188 e. The summed E-state index contributed by atoms with van der Waals surface area (Å²) in [6.45, 7) is 5.01. The molecule has 0 saturated heterocycles. The van der Waals surface area contributed by atoms with E-state index in [0.717, 1.165) is 34.6 Å². The maximum Gasteiger partial charge on any atom is 0.188 e. The lowest BCUT2D eigenvalue weighted by Crippen LogP contribution is -2.33. The van der Waals surface area contributed by atoms with Crippen molar-refractivity contribution < 1.29 is 14.2 Å². The van der Waals surface area contributed by atoms with Crippen LogP contribution >= 0.6 is 24.0 Å². The van der Waals surface area contributed by atoms with Gasteiger partial charge in [0.05, 0.1) is 33.6 Å². The van der Waals surface area contributed by atoms with Crippen molar-refractivity contribution in [3.05, 3.63) is 46.8 Å². The summed E-state index contributed by atoms with van der Waals surface area (Å²) in [4.78, 5) is 8.80. The van der Waals surface area contributed by atoms with Crippen LogP contribution in [0.3, 0.4) is 0 Å². The average molecular weight is 500 g/mol. The molecule has 0 fully saturated rings. The number of aryl methyl sites for hydroxylation is 1. The van der Waals surface area contributed by atoms with E-state index in [4.69, 9.17) is 19.9 Å². The molecule has 0 spiro atoms. The molecule has 0 unspecified atom stereocenters. The molecule has 28 heavy (non-hydrogen) atoms. The minimum Gasteiger partial charge on any atom is -0.496 e. The van der Waals surface area contributed by atoms with Crippen LogP contribution in [0.15, 0.2) is 29.4 Å². The number of nitrogens with zero attached hydrogens (tertiary/aromatic N) is 2. The lowest BCUT2D eigenvalue weighted by atomic mass is 10.1. The molecule has 0 saturated carbocycles. The van der Waals surface area contributed by atoms with Crippen LogP contribution in [-0.2, 0) is 13.0 Å². The lowest BCUT2D eigenvalue weighted by molar-refractivity contribution is 0.354. The number of guanidine groups is 1. The van der Waals surface area contributed by atoms with Gasteiger partial charge < -0.3 is 25.3 Å². The number of methoxy groups -OCH3 is 3. The second-order valence-corrected chi connectivity index (χ2v) is 6.11. The van der Waals surface area contributed by atoms with Crippen molar-refractivity contribution in [2.75, 3.05) is 27.9 Å². The molecule has 1 heterocycles. The molecule has 2 rings (SSSR count). The van der Waals surface area contributed by atoms with Crippen molar-refractivity contribution in [2.45, 2.75) is 26.8 Å². The van der Waals surface area contributed by atoms with E-state index in [2.05, 4.69) is 15.3 Å². The Bertz CT molecular complexity index is 812. The predicted octanol–water partition coefficient (Wildman–Crippen LogP) is 2.99. The molecule has 2 aromatic rings. The van der Waals surface area contributed by atoms with Crippen molar-refractivity contribution in [3.63, 3.8) is 0 Å². The minimum atomic E-state index is 0. The molecule has 0 aliphatic carbocycles. The van der Waals surface area contributed by atoms with E-state index in [1.807, 2.05) is 32.0 Å². The first-order valence-corrected chi connectivity index (χ1v) is 8.73. The standard InChI is InChI=1S/C20H28N4O3.HI/c1-13-11-23-16(14(2)19(13)27-5)12-24-20(21)22-9-8-15-6-7-17(25-3)18(10-15)26-4;/h6-7,10-11H,8-9,12H2,1-5H3,(H3,21,22,24);1H. The van der Waals surface area contributed by atoms with Crippen molar-refractivity contribution in [3.8, 4) is 17.2 Å². The van der Waals surface area contributed by atoms with Gasteiger partial charge >= 0.3 is 0 Å². The van der Waals surface area contributed by atoms with E-state index in [1.54, 1.807) is 27.5 Å². The van der Waals surface area contributed by atoms with Crippen LogP contribution < -0.4 is 25.3 Å². The third-order valence-electron chi connectivity index (χ3n) is 4.32. The molecular weight excluding hydrogens is 471 g/mol. The number of rotatable bonds is 8. The predicted molar refractivity (Wildman–Crippen MR) is 122 cm³/mol. The number of hydrogen-bond acceptors (Lipinski definition) is 5. The average Bonchev–Trinajstić information content (AvgIpc) is 2.67. The first-order valence-electron chi connectivity index (χ1n) is 8.73. The van der Waals surface area contributed by atoms with E-state index in [9.17, 15) is 0 Å². The summed E-state index contributed by atoms with van der Waals surface area (Å²) in [6, 6.07) is 5.85. The Labute approximate surface area is 183 Å². The molecule has 0 atom stereocenters. The number of benzene rings is 1. The van der Waals surface area contributed by atoms with E-state index in [1.165, 1.54) is 0 Å². The summed E-state index contributed by atoms with van der Waals surface area (Å²) in [5.74, 6) is 2.66. The Balaban J connectivity index is 0.00000392. The third-order valence-corrected chi connectivity index (χ3v) is 4.32. The van der Waals surface area contributed by atoms with Gasteiger partial charge in [0.1, 0.15) is 5.75 Å². The van der Waals surface area contributed by atoms with Gasteiger partial charge in [-0.15, -0.1) is 24.0 Å². The Morgan fingerprint density at radius 2 is 1.82 bits per heavy atom. The quantitative estimate of drug-likeness (QED) is 0.329. The second kappa shape index (κ2) is 11.6. The van der Waals surface area contributed by atoms with Crippen molar-refractivity contribution in [2.24, 2.45) is 10.7 Å². The summed E-state index contributed by atoms with van der Waals surface area (Å²) in [6.07, 6.45) is 2.57. The van der Waals surface area contributed by atoms with Crippen molar-refractivity contribution >= 4 is 29.9 Å². The Morgan fingerprint density at radius 3 is 2.46 bits per heavy atom. The van der Waals surface area contributed by atoms with Gasteiger partial charge in [0, 0.05) is 23.9 Å². The number of nitrogens with one attached hydrogen (secondary N) is 1. The number of pyridine rings is 1. The number of halogens is 1. The second-order valence-electron chi connectivity index (χ2n) is 6.11. The summed E-state index contributed by atoms with van der Waals surface area (Å²) in [5, 5.41) is 3.12. The van der Waals surface area contributed by atoms with Crippen molar-refractivity contribution in [1.29, 1.82) is 0 Å². The van der Waals surface area contributed by atoms with Crippen LogP contribution in [0.5, 0.6) is 17.2 Å². The molecule has 1 aromatic carbocycles. The van der Waals surface area contributed by atoms with Crippen LogP contribution in [0.4, 0.5) is 0 Å². The lowest BCUT2D eigenvalue weighted by Gasteiger charge is -2.12. The van der Waals surface area contributed by atoms with Gasteiger partial charge in [-0.3, -0.25) is 4.98 Å². The monoisotopic (exact) mass is 500 g/mol. The molecule has 0 radical (unpaired) electrons. The normalized spacial score (nSPS) is 10.8. The highest BCUT2D eigenvalue weighted by Crippen LogP contribution is 2.27. The highest BCUT2D eigenvalue weighted by molar-refractivity contribution is 14.0. The fourth-order valence-electron chi connectivity index (χ4n) is 2.82. The molecule has 0 aliphatic heterocycles. The zero-order chi connectivity index (χ0) is 19.8. The first kappa shape index (κ1) is 23.8. The first-order chi connectivity index (χ1) is 13.0. The highest BCUT2D eigenvalue weighted by atomic mass is 127. The van der Waals surface area contributed by atoms with E-state index >= 15 is 0 Å². The molecule has 154 valence electrons. The fourth-order valence-corrected chi connectivity index (χ4v) is 2.82. The molecule has 0 bridgehead atoms. The van der Waals surface area contributed by atoms with Crippen LogP contribution in [0.25, 0.3) is 0 Å². The Kier molecular flexibility index (Phi) is 9.84. The van der Waals surface area contributed by atoms with Gasteiger partial charge in [-0.25, -0.2) is 4.99 Å². The molecular formula is C20H29IN4O3. The molecule has 3 N–H and O–H groups in total. The van der Waals surface area contributed by atoms with E-state index < -0.39 is 0 Å². The van der Waals surface area contributed by atoms with Gasteiger partial charge in [-0.1, -0.05) is 6.07 Å². The minimum absolute atomic E-state index is 0. The van der Waals surface area contributed by atoms with Gasteiger partial charge in [-0.2, -0.15) is 0 Å². The summed E-state index contributed by atoms with van der Waals surface area (Å²) in [7, 11) is 4.91. The molecule has 8 heteroatoms. The summed E-state index contributed by atoms with van der Waals surface area (Å²) >= 11 is 0. The van der Waals surface area contributed by atoms with Gasteiger partial charge in [0.15, 0.2) is 17.5 Å².